The molecule has 0 aliphatic rings. The molecule has 1 aromatic heterocycles. The maximum absolute atomic E-state index is 5.91. The van der Waals surface area contributed by atoms with E-state index in [1.165, 1.54) is 0 Å². The molecule has 0 bridgehead atoms. The van der Waals surface area contributed by atoms with Crippen LogP contribution in [0.5, 0.6) is 5.75 Å². The third-order valence-corrected chi connectivity index (χ3v) is 3.72. The van der Waals surface area contributed by atoms with Crippen molar-refractivity contribution in [1.82, 2.24) is 9.97 Å². The van der Waals surface area contributed by atoms with Gasteiger partial charge in [0.1, 0.15) is 17.9 Å². The van der Waals surface area contributed by atoms with Crippen molar-refractivity contribution >= 4 is 22.4 Å². The normalized spacial score (nSPS) is 10.7. The molecule has 1 heterocycles. The maximum Gasteiger partial charge on any atom is 0.141 e. The first-order valence-electron chi connectivity index (χ1n) is 7.98. The van der Waals surface area contributed by atoms with Crippen molar-refractivity contribution in [2.24, 2.45) is 0 Å². The summed E-state index contributed by atoms with van der Waals surface area (Å²) in [5.74, 6) is 1.69. The highest BCUT2D eigenvalue weighted by Crippen LogP contribution is 2.29. The van der Waals surface area contributed by atoms with Crippen molar-refractivity contribution < 1.29 is 4.74 Å². The summed E-state index contributed by atoms with van der Waals surface area (Å²) in [6.07, 6.45) is 3.76. The van der Waals surface area contributed by atoms with E-state index in [0.717, 1.165) is 53.2 Å². The van der Waals surface area contributed by atoms with Crippen LogP contribution in [-0.4, -0.2) is 16.6 Å². The summed E-state index contributed by atoms with van der Waals surface area (Å²) in [5.41, 5.74) is 3.01. The molecule has 0 radical (unpaired) electrons. The van der Waals surface area contributed by atoms with Gasteiger partial charge in [-0.15, -0.1) is 0 Å². The van der Waals surface area contributed by atoms with Gasteiger partial charge in [-0.05, 0) is 43.2 Å². The minimum absolute atomic E-state index is 0.734. The van der Waals surface area contributed by atoms with Crippen LogP contribution in [0.2, 0.25) is 0 Å². The summed E-state index contributed by atoms with van der Waals surface area (Å²) >= 11 is 0. The Labute approximate surface area is 136 Å². The second kappa shape index (κ2) is 7.09. The largest absolute Gasteiger partial charge is 0.493 e. The van der Waals surface area contributed by atoms with Crippen molar-refractivity contribution in [1.29, 1.82) is 0 Å². The lowest BCUT2D eigenvalue weighted by atomic mass is 10.1. The second-order valence-electron chi connectivity index (χ2n) is 5.55. The zero-order valence-electron chi connectivity index (χ0n) is 13.5. The van der Waals surface area contributed by atoms with Crippen LogP contribution >= 0.6 is 0 Å². The van der Waals surface area contributed by atoms with Crippen LogP contribution in [0.1, 0.15) is 25.3 Å². The van der Waals surface area contributed by atoms with Gasteiger partial charge >= 0.3 is 0 Å². The highest BCUT2D eigenvalue weighted by Gasteiger charge is 2.09. The Morgan fingerprint density at radius 1 is 1.09 bits per heavy atom. The summed E-state index contributed by atoms with van der Waals surface area (Å²) in [5, 5.41) is 4.32. The number of nitrogens with one attached hydrogen (secondary N) is 1. The molecule has 3 aromatic rings. The van der Waals surface area contributed by atoms with E-state index >= 15 is 0 Å². The van der Waals surface area contributed by atoms with Crippen molar-refractivity contribution in [2.45, 2.75) is 26.7 Å². The number of unbranched alkanes of at least 4 members (excludes halogenated alkanes) is 1. The Balaban J connectivity index is 1.96. The van der Waals surface area contributed by atoms with Gasteiger partial charge in [-0.25, -0.2) is 9.97 Å². The number of aromatic nitrogens is 2. The van der Waals surface area contributed by atoms with E-state index < -0.39 is 0 Å². The summed E-state index contributed by atoms with van der Waals surface area (Å²) < 4.78 is 5.91. The molecule has 1 N–H and O–H groups in total. The number of nitrogens with zero attached hydrogens (tertiary/aromatic N) is 2. The predicted octanol–water partition coefficient (Wildman–Crippen LogP) is 4.86. The Hall–Kier alpha value is -2.62. The third-order valence-electron chi connectivity index (χ3n) is 3.72. The Kier molecular flexibility index (Phi) is 4.71. The molecule has 0 spiro atoms. The lowest BCUT2D eigenvalue weighted by Crippen LogP contribution is -2.00. The average molecular weight is 307 g/mol. The van der Waals surface area contributed by atoms with Crippen LogP contribution in [0.3, 0.4) is 0 Å². The van der Waals surface area contributed by atoms with Crippen molar-refractivity contribution in [2.75, 3.05) is 11.9 Å². The van der Waals surface area contributed by atoms with E-state index in [1.54, 1.807) is 6.33 Å². The summed E-state index contributed by atoms with van der Waals surface area (Å²) in [6.45, 7) is 4.94. The Morgan fingerprint density at radius 2 is 1.91 bits per heavy atom. The van der Waals surface area contributed by atoms with Crippen LogP contribution in [0.25, 0.3) is 10.9 Å². The lowest BCUT2D eigenvalue weighted by molar-refractivity contribution is 0.308. The molecule has 0 unspecified atom stereocenters. The summed E-state index contributed by atoms with van der Waals surface area (Å²) in [6, 6.07) is 14.1. The Bertz CT molecular complexity index is 787. The molecule has 118 valence electrons. The number of aryl methyl sites for hydroxylation is 1. The second-order valence-corrected chi connectivity index (χ2v) is 5.55. The average Bonchev–Trinajstić information content (AvgIpc) is 2.57. The Morgan fingerprint density at radius 3 is 2.70 bits per heavy atom. The molecule has 0 atom stereocenters. The monoisotopic (exact) mass is 307 g/mol. The maximum atomic E-state index is 5.91. The van der Waals surface area contributed by atoms with E-state index in [0.29, 0.717) is 0 Å². The molecule has 3 rings (SSSR count). The van der Waals surface area contributed by atoms with Gasteiger partial charge < -0.3 is 10.1 Å². The van der Waals surface area contributed by atoms with Crippen molar-refractivity contribution in [3.05, 3.63) is 54.4 Å². The molecule has 0 saturated heterocycles. The van der Waals surface area contributed by atoms with Crippen LogP contribution < -0.4 is 10.1 Å². The van der Waals surface area contributed by atoms with Gasteiger partial charge in [0.25, 0.3) is 0 Å². The SMILES string of the molecule is CCCCOc1cc2c(Nc3ccccc3)ncnc2cc1C. The van der Waals surface area contributed by atoms with Gasteiger partial charge in [0, 0.05) is 11.1 Å². The van der Waals surface area contributed by atoms with Crippen LogP contribution in [0.4, 0.5) is 11.5 Å². The first-order chi connectivity index (χ1) is 11.3. The first kappa shape index (κ1) is 15.3. The summed E-state index contributed by atoms with van der Waals surface area (Å²) in [7, 11) is 0. The number of hydrogen-bond donors (Lipinski definition) is 1. The van der Waals surface area contributed by atoms with Gasteiger partial charge in [0.15, 0.2) is 0 Å². The number of anilines is 2. The van der Waals surface area contributed by atoms with Crippen molar-refractivity contribution in [3.8, 4) is 5.75 Å². The van der Waals surface area contributed by atoms with E-state index in [-0.39, 0.29) is 0 Å². The molecule has 0 aliphatic heterocycles. The summed E-state index contributed by atoms with van der Waals surface area (Å²) in [4.78, 5) is 8.77. The zero-order chi connectivity index (χ0) is 16.1. The lowest BCUT2D eigenvalue weighted by Gasteiger charge is -2.12. The predicted molar refractivity (Wildman–Crippen MR) is 94.4 cm³/mol. The standard InChI is InChI=1S/C19H21N3O/c1-3-4-10-23-18-12-16-17(11-14(18)2)20-13-21-19(16)22-15-8-6-5-7-9-15/h5-9,11-13H,3-4,10H2,1-2H3,(H,20,21,22). The van der Waals surface area contributed by atoms with E-state index in [4.69, 9.17) is 4.74 Å². The molecular formula is C19H21N3O. The number of rotatable bonds is 6. The first-order valence-corrected chi connectivity index (χ1v) is 7.98. The van der Waals surface area contributed by atoms with Gasteiger partial charge in [-0.3, -0.25) is 0 Å². The van der Waals surface area contributed by atoms with E-state index in [9.17, 15) is 0 Å². The minimum atomic E-state index is 0.734. The van der Waals surface area contributed by atoms with Crippen molar-refractivity contribution in [3.63, 3.8) is 0 Å². The fourth-order valence-corrected chi connectivity index (χ4v) is 2.43. The van der Waals surface area contributed by atoms with Gasteiger partial charge in [-0.1, -0.05) is 31.5 Å². The van der Waals surface area contributed by atoms with Crippen LogP contribution in [0.15, 0.2) is 48.8 Å². The number of fused-ring (bicyclic) bond motifs is 1. The molecule has 0 amide bonds. The van der Waals surface area contributed by atoms with Gasteiger partial charge in [0.05, 0.1) is 12.1 Å². The van der Waals surface area contributed by atoms with Gasteiger partial charge in [-0.2, -0.15) is 0 Å². The fraction of sp³-hybridized carbons (Fsp3) is 0.263. The number of para-hydroxylation sites is 1. The highest BCUT2D eigenvalue weighted by atomic mass is 16.5. The van der Waals surface area contributed by atoms with Gasteiger partial charge in [0.2, 0.25) is 0 Å². The number of hydrogen-bond acceptors (Lipinski definition) is 4. The molecule has 23 heavy (non-hydrogen) atoms. The molecule has 0 saturated carbocycles. The molecule has 0 aliphatic carbocycles. The zero-order valence-corrected chi connectivity index (χ0v) is 13.5. The quantitative estimate of drug-likeness (QED) is 0.661. The molecule has 4 nitrogen and oxygen atoms in total. The smallest absolute Gasteiger partial charge is 0.141 e. The molecule has 4 heteroatoms. The molecule has 0 fully saturated rings. The fourth-order valence-electron chi connectivity index (χ4n) is 2.43. The van der Waals surface area contributed by atoms with E-state index in [2.05, 4.69) is 28.3 Å². The van der Waals surface area contributed by atoms with Crippen LogP contribution in [0, 0.1) is 6.92 Å². The topological polar surface area (TPSA) is 47.0 Å². The molecular weight excluding hydrogens is 286 g/mol. The number of ether oxygens (including phenoxy) is 1. The highest BCUT2D eigenvalue weighted by molar-refractivity contribution is 5.92. The third kappa shape index (κ3) is 3.59. The number of benzene rings is 2. The minimum Gasteiger partial charge on any atom is -0.493 e. The van der Waals surface area contributed by atoms with E-state index in [1.807, 2.05) is 43.3 Å². The van der Waals surface area contributed by atoms with Crippen LogP contribution in [-0.2, 0) is 0 Å². The molecule has 2 aromatic carbocycles.